The maximum absolute atomic E-state index is 10.3. The van der Waals surface area contributed by atoms with E-state index in [1.807, 2.05) is 6.92 Å². The standard InChI is InChI=1S/C13H19NO4/c1-2-18-11-5-3-10(4-6-11)12(15)9-14-8-7-13(16)17/h3-6,12,14-15H,2,7-9H2,1H3,(H,16,17). The number of carboxylic acids is 1. The van der Waals surface area contributed by atoms with Crippen LogP contribution in [-0.4, -0.2) is 35.9 Å². The van der Waals surface area contributed by atoms with Crippen molar-refractivity contribution in [2.45, 2.75) is 19.4 Å². The number of nitrogens with one attached hydrogen (secondary N) is 1. The van der Waals surface area contributed by atoms with Crippen molar-refractivity contribution in [3.05, 3.63) is 29.8 Å². The molecule has 1 unspecified atom stereocenters. The maximum atomic E-state index is 10.3. The second-order valence-corrected chi connectivity index (χ2v) is 3.87. The molecule has 0 fully saturated rings. The molecule has 1 rings (SSSR count). The molecule has 0 bridgehead atoms. The third-order valence-electron chi connectivity index (χ3n) is 2.43. The van der Waals surface area contributed by atoms with Crippen molar-refractivity contribution in [1.29, 1.82) is 0 Å². The first-order chi connectivity index (χ1) is 8.63. The van der Waals surface area contributed by atoms with Gasteiger partial charge in [0.05, 0.1) is 19.1 Å². The van der Waals surface area contributed by atoms with Gasteiger partial charge in [0, 0.05) is 13.1 Å². The van der Waals surface area contributed by atoms with Crippen LogP contribution in [-0.2, 0) is 4.79 Å². The van der Waals surface area contributed by atoms with Crippen molar-refractivity contribution in [2.75, 3.05) is 19.7 Å². The topological polar surface area (TPSA) is 78.8 Å². The summed E-state index contributed by atoms with van der Waals surface area (Å²) in [5.41, 5.74) is 0.779. The van der Waals surface area contributed by atoms with E-state index in [4.69, 9.17) is 9.84 Å². The molecule has 0 amide bonds. The van der Waals surface area contributed by atoms with Crippen molar-refractivity contribution in [3.63, 3.8) is 0 Å². The second kappa shape index (κ2) is 7.68. The van der Waals surface area contributed by atoms with Crippen molar-refractivity contribution < 1.29 is 19.7 Å². The highest BCUT2D eigenvalue weighted by Crippen LogP contribution is 2.17. The quantitative estimate of drug-likeness (QED) is 0.606. The van der Waals surface area contributed by atoms with Gasteiger partial charge in [0.1, 0.15) is 5.75 Å². The zero-order valence-corrected chi connectivity index (χ0v) is 10.4. The van der Waals surface area contributed by atoms with E-state index in [2.05, 4.69) is 5.32 Å². The Kier molecular flexibility index (Phi) is 6.18. The summed E-state index contributed by atoms with van der Waals surface area (Å²) in [7, 11) is 0. The van der Waals surface area contributed by atoms with Crippen LogP contribution >= 0.6 is 0 Å². The third-order valence-corrected chi connectivity index (χ3v) is 2.43. The zero-order chi connectivity index (χ0) is 13.4. The van der Waals surface area contributed by atoms with Gasteiger partial charge in [-0.05, 0) is 24.6 Å². The summed E-state index contributed by atoms with van der Waals surface area (Å²) in [5, 5.41) is 21.2. The monoisotopic (exact) mass is 253 g/mol. The van der Waals surface area contributed by atoms with Crippen LogP contribution in [0.2, 0.25) is 0 Å². The summed E-state index contributed by atoms with van der Waals surface area (Å²) in [4.78, 5) is 10.3. The average molecular weight is 253 g/mol. The highest BCUT2D eigenvalue weighted by Gasteiger charge is 2.07. The summed E-state index contributed by atoms with van der Waals surface area (Å²) in [6.07, 6.45) is -0.592. The molecule has 100 valence electrons. The molecule has 5 nitrogen and oxygen atoms in total. The molecule has 0 aliphatic heterocycles. The van der Waals surface area contributed by atoms with Gasteiger partial charge in [0.15, 0.2) is 0 Å². The number of carboxylic acid groups (broad SMARTS) is 1. The van der Waals surface area contributed by atoms with Gasteiger partial charge in [-0.1, -0.05) is 12.1 Å². The Morgan fingerprint density at radius 2 is 2.06 bits per heavy atom. The number of ether oxygens (including phenoxy) is 1. The predicted octanol–water partition coefficient (Wildman–Crippen LogP) is 1.18. The van der Waals surface area contributed by atoms with Gasteiger partial charge in [0.25, 0.3) is 0 Å². The Morgan fingerprint density at radius 1 is 1.39 bits per heavy atom. The Labute approximate surface area is 106 Å². The molecule has 0 saturated heterocycles. The summed E-state index contributed by atoms with van der Waals surface area (Å²) >= 11 is 0. The molecule has 1 atom stereocenters. The fraction of sp³-hybridized carbons (Fsp3) is 0.462. The zero-order valence-electron chi connectivity index (χ0n) is 10.4. The first-order valence-corrected chi connectivity index (χ1v) is 5.96. The van der Waals surface area contributed by atoms with Crippen molar-refractivity contribution in [3.8, 4) is 5.75 Å². The Hall–Kier alpha value is -1.59. The molecule has 18 heavy (non-hydrogen) atoms. The van der Waals surface area contributed by atoms with Gasteiger partial charge in [-0.2, -0.15) is 0 Å². The first-order valence-electron chi connectivity index (χ1n) is 5.96. The number of aliphatic hydroxyl groups is 1. The molecule has 5 heteroatoms. The molecule has 0 aliphatic carbocycles. The van der Waals surface area contributed by atoms with Gasteiger partial charge in [-0.25, -0.2) is 0 Å². The van der Waals surface area contributed by atoms with Crippen LogP contribution in [0.15, 0.2) is 24.3 Å². The van der Waals surface area contributed by atoms with E-state index in [1.54, 1.807) is 24.3 Å². The maximum Gasteiger partial charge on any atom is 0.304 e. The molecule has 1 aromatic carbocycles. The Balaban J connectivity index is 2.36. The highest BCUT2D eigenvalue weighted by molar-refractivity contribution is 5.66. The van der Waals surface area contributed by atoms with Gasteiger partial charge >= 0.3 is 5.97 Å². The predicted molar refractivity (Wildman–Crippen MR) is 67.7 cm³/mol. The van der Waals surface area contributed by atoms with Gasteiger partial charge < -0.3 is 20.3 Å². The van der Waals surface area contributed by atoms with Crippen LogP contribution in [0.1, 0.15) is 25.0 Å². The van der Waals surface area contributed by atoms with Crippen molar-refractivity contribution in [1.82, 2.24) is 5.32 Å². The van der Waals surface area contributed by atoms with E-state index in [9.17, 15) is 9.90 Å². The number of aliphatic hydroxyl groups excluding tert-OH is 1. The molecule has 0 aliphatic rings. The number of rotatable bonds is 8. The molecular formula is C13H19NO4. The van der Waals surface area contributed by atoms with Gasteiger partial charge in [-0.3, -0.25) is 4.79 Å². The van der Waals surface area contributed by atoms with Gasteiger partial charge in [0.2, 0.25) is 0 Å². The van der Waals surface area contributed by atoms with Crippen LogP contribution in [0, 0.1) is 0 Å². The van der Waals surface area contributed by atoms with Crippen LogP contribution in [0.3, 0.4) is 0 Å². The molecule has 3 N–H and O–H groups in total. The Bertz CT molecular complexity index is 364. The summed E-state index contributed by atoms with van der Waals surface area (Å²) in [5.74, 6) is -0.0784. The van der Waals surface area contributed by atoms with Crippen LogP contribution in [0.25, 0.3) is 0 Å². The minimum absolute atomic E-state index is 0.0516. The minimum Gasteiger partial charge on any atom is -0.494 e. The van der Waals surface area contributed by atoms with E-state index in [-0.39, 0.29) is 6.42 Å². The minimum atomic E-state index is -0.849. The summed E-state index contributed by atoms with van der Waals surface area (Å²) in [6, 6.07) is 7.21. The SMILES string of the molecule is CCOc1ccc(C(O)CNCCC(=O)O)cc1. The summed E-state index contributed by atoms with van der Waals surface area (Å²) < 4.78 is 5.30. The van der Waals surface area contributed by atoms with E-state index in [0.29, 0.717) is 19.7 Å². The Morgan fingerprint density at radius 3 is 2.61 bits per heavy atom. The molecule has 0 spiro atoms. The number of benzene rings is 1. The molecule has 0 saturated carbocycles. The van der Waals surface area contributed by atoms with Crippen molar-refractivity contribution in [2.24, 2.45) is 0 Å². The lowest BCUT2D eigenvalue weighted by atomic mass is 10.1. The van der Waals surface area contributed by atoms with Crippen molar-refractivity contribution >= 4 is 5.97 Å². The van der Waals surface area contributed by atoms with Crippen LogP contribution in [0.4, 0.5) is 0 Å². The second-order valence-electron chi connectivity index (χ2n) is 3.87. The molecule has 0 radical (unpaired) electrons. The molecular weight excluding hydrogens is 234 g/mol. The molecule has 0 aromatic heterocycles. The lowest BCUT2D eigenvalue weighted by Crippen LogP contribution is -2.24. The van der Waals surface area contributed by atoms with E-state index < -0.39 is 12.1 Å². The highest BCUT2D eigenvalue weighted by atomic mass is 16.5. The van der Waals surface area contributed by atoms with Crippen LogP contribution < -0.4 is 10.1 Å². The third kappa shape index (κ3) is 5.16. The number of aliphatic carboxylic acids is 1. The van der Waals surface area contributed by atoms with Crippen LogP contribution in [0.5, 0.6) is 5.75 Å². The number of hydrogen-bond acceptors (Lipinski definition) is 4. The lowest BCUT2D eigenvalue weighted by Gasteiger charge is -2.12. The fourth-order valence-electron chi connectivity index (χ4n) is 1.50. The largest absolute Gasteiger partial charge is 0.494 e. The normalized spacial score (nSPS) is 12.1. The average Bonchev–Trinajstić information content (AvgIpc) is 2.35. The van der Waals surface area contributed by atoms with E-state index in [0.717, 1.165) is 11.3 Å². The smallest absolute Gasteiger partial charge is 0.304 e. The lowest BCUT2D eigenvalue weighted by molar-refractivity contribution is -0.136. The number of hydrogen-bond donors (Lipinski definition) is 3. The fourth-order valence-corrected chi connectivity index (χ4v) is 1.50. The van der Waals surface area contributed by atoms with E-state index in [1.165, 1.54) is 0 Å². The number of carbonyl (C=O) groups is 1. The molecule has 1 aromatic rings. The van der Waals surface area contributed by atoms with E-state index >= 15 is 0 Å². The first kappa shape index (κ1) is 14.5. The molecule has 0 heterocycles. The van der Waals surface area contributed by atoms with Gasteiger partial charge in [-0.15, -0.1) is 0 Å². The summed E-state index contributed by atoms with van der Waals surface area (Å²) in [6.45, 7) is 3.21.